The third-order valence-corrected chi connectivity index (χ3v) is 5.09. The molecule has 0 radical (unpaired) electrons. The van der Waals surface area contributed by atoms with Gasteiger partial charge in [-0.05, 0) is 44.0 Å². The first-order valence-electron chi connectivity index (χ1n) is 9.24. The molecular weight excluding hydrogens is 318 g/mol. The van der Waals surface area contributed by atoms with Crippen molar-refractivity contribution < 1.29 is 14.3 Å². The van der Waals surface area contributed by atoms with Gasteiger partial charge in [-0.25, -0.2) is 4.79 Å². The molecule has 2 amide bonds. The minimum atomic E-state index is 0.0218. The lowest BCUT2D eigenvalue weighted by Crippen LogP contribution is -2.59. The number of para-hydroxylation sites is 2. The predicted octanol–water partition coefficient (Wildman–Crippen LogP) is 2.20. The summed E-state index contributed by atoms with van der Waals surface area (Å²) in [5.41, 5.74) is 0. The highest BCUT2D eigenvalue weighted by atomic mass is 16.5. The van der Waals surface area contributed by atoms with Crippen LogP contribution in [0.3, 0.4) is 0 Å². The van der Waals surface area contributed by atoms with Crippen molar-refractivity contribution in [3.63, 3.8) is 0 Å². The molecule has 0 bridgehead atoms. The molecule has 6 heteroatoms. The van der Waals surface area contributed by atoms with Crippen LogP contribution >= 0.6 is 0 Å². The van der Waals surface area contributed by atoms with Crippen molar-refractivity contribution in [2.45, 2.75) is 25.9 Å². The number of nitrogens with zero attached hydrogens (tertiary/aromatic N) is 2. The second kappa shape index (κ2) is 8.43. The van der Waals surface area contributed by atoms with Crippen LogP contribution in [0.15, 0.2) is 24.3 Å². The van der Waals surface area contributed by atoms with E-state index >= 15 is 0 Å². The molecule has 2 heterocycles. The topological polar surface area (TPSA) is 54.0 Å². The molecule has 0 saturated carbocycles. The minimum Gasteiger partial charge on any atom is -0.493 e. The van der Waals surface area contributed by atoms with Gasteiger partial charge in [0.1, 0.15) is 6.10 Å². The van der Waals surface area contributed by atoms with E-state index in [0.717, 1.165) is 31.1 Å². The molecule has 2 saturated heterocycles. The molecule has 2 aliphatic rings. The summed E-state index contributed by atoms with van der Waals surface area (Å²) in [6.45, 7) is 7.59. The Morgan fingerprint density at radius 2 is 2.00 bits per heavy atom. The summed E-state index contributed by atoms with van der Waals surface area (Å²) in [7, 11) is 1.63. The number of benzene rings is 1. The molecule has 0 unspecified atom stereocenters. The Balaban J connectivity index is 1.38. The molecule has 1 atom stereocenters. The zero-order valence-corrected chi connectivity index (χ0v) is 15.2. The largest absolute Gasteiger partial charge is 0.493 e. The van der Waals surface area contributed by atoms with Crippen LogP contribution in [0.5, 0.6) is 11.5 Å². The molecule has 0 aliphatic carbocycles. The first-order chi connectivity index (χ1) is 12.2. The van der Waals surface area contributed by atoms with E-state index in [4.69, 9.17) is 9.47 Å². The molecule has 1 N–H and O–H groups in total. The number of methoxy groups -OCH3 is 1. The third kappa shape index (κ3) is 4.57. The van der Waals surface area contributed by atoms with Crippen LogP contribution in [0.4, 0.5) is 4.79 Å². The fourth-order valence-electron chi connectivity index (χ4n) is 3.52. The zero-order chi connectivity index (χ0) is 17.6. The van der Waals surface area contributed by atoms with Crippen molar-refractivity contribution in [1.82, 2.24) is 15.1 Å². The lowest BCUT2D eigenvalue weighted by Gasteiger charge is -2.39. The average Bonchev–Trinajstić information content (AvgIpc) is 2.62. The molecule has 6 nitrogen and oxygen atoms in total. The number of piperidine rings is 1. The van der Waals surface area contributed by atoms with Crippen LogP contribution in [0.2, 0.25) is 0 Å². The van der Waals surface area contributed by atoms with E-state index in [0.29, 0.717) is 19.0 Å². The van der Waals surface area contributed by atoms with Crippen molar-refractivity contribution in [3.8, 4) is 11.5 Å². The van der Waals surface area contributed by atoms with Crippen molar-refractivity contribution in [3.05, 3.63) is 24.3 Å². The fourth-order valence-corrected chi connectivity index (χ4v) is 3.52. The average molecular weight is 347 g/mol. The number of hydrogen-bond donors (Lipinski definition) is 1. The lowest BCUT2D eigenvalue weighted by atomic mass is 9.98. The van der Waals surface area contributed by atoms with Gasteiger partial charge in [0.25, 0.3) is 0 Å². The number of nitrogens with one attached hydrogen (secondary N) is 1. The second-order valence-corrected chi connectivity index (χ2v) is 6.88. The van der Waals surface area contributed by atoms with Gasteiger partial charge in [0.15, 0.2) is 11.5 Å². The maximum atomic E-state index is 12.3. The van der Waals surface area contributed by atoms with E-state index in [-0.39, 0.29) is 12.1 Å². The molecular formula is C19H29N3O3. The minimum absolute atomic E-state index is 0.0218. The third-order valence-electron chi connectivity index (χ3n) is 5.09. The monoisotopic (exact) mass is 347 g/mol. The van der Waals surface area contributed by atoms with E-state index in [1.54, 1.807) is 12.0 Å². The van der Waals surface area contributed by atoms with Crippen molar-refractivity contribution >= 4 is 6.03 Å². The predicted molar refractivity (Wildman–Crippen MR) is 97.2 cm³/mol. The van der Waals surface area contributed by atoms with E-state index in [1.165, 1.54) is 19.4 Å². The Morgan fingerprint density at radius 3 is 2.72 bits per heavy atom. The lowest BCUT2D eigenvalue weighted by molar-refractivity contribution is 0.0420. The normalized spacial score (nSPS) is 21.5. The number of likely N-dealkylation sites (tertiary alicyclic amines) is 2. The van der Waals surface area contributed by atoms with Gasteiger partial charge >= 0.3 is 6.03 Å². The van der Waals surface area contributed by atoms with Crippen molar-refractivity contribution in [2.75, 3.05) is 46.4 Å². The summed E-state index contributed by atoms with van der Waals surface area (Å²) >= 11 is 0. The van der Waals surface area contributed by atoms with Crippen molar-refractivity contribution in [1.29, 1.82) is 0 Å². The van der Waals surface area contributed by atoms with Gasteiger partial charge in [-0.2, -0.15) is 0 Å². The molecule has 2 aliphatic heterocycles. The molecule has 3 rings (SSSR count). The summed E-state index contributed by atoms with van der Waals surface area (Å²) in [6, 6.07) is 7.63. The first kappa shape index (κ1) is 17.9. The van der Waals surface area contributed by atoms with Crippen LogP contribution in [0.1, 0.15) is 19.8 Å². The summed E-state index contributed by atoms with van der Waals surface area (Å²) in [6.07, 6.45) is 2.47. The fraction of sp³-hybridized carbons (Fsp3) is 0.632. The number of carbonyl (C=O) groups is 1. The Labute approximate surface area is 150 Å². The summed E-state index contributed by atoms with van der Waals surface area (Å²) in [4.78, 5) is 16.5. The quantitative estimate of drug-likeness (QED) is 0.857. The van der Waals surface area contributed by atoms with Gasteiger partial charge in [0.2, 0.25) is 0 Å². The van der Waals surface area contributed by atoms with Crippen LogP contribution in [-0.4, -0.2) is 68.3 Å². The van der Waals surface area contributed by atoms with Gasteiger partial charge < -0.3 is 24.6 Å². The smallest absolute Gasteiger partial charge is 0.317 e. The number of carbonyl (C=O) groups excluding carboxylic acids is 1. The maximum Gasteiger partial charge on any atom is 0.317 e. The summed E-state index contributed by atoms with van der Waals surface area (Å²) in [5, 5.41) is 3.09. The zero-order valence-electron chi connectivity index (χ0n) is 15.2. The van der Waals surface area contributed by atoms with Crippen LogP contribution < -0.4 is 14.8 Å². The molecule has 2 fully saturated rings. The summed E-state index contributed by atoms with van der Waals surface area (Å²) in [5.74, 6) is 2.03. The SMILES string of the molecule is CCN1CCC[C@H](CNC(=O)N2CC(Oc3ccccc3OC)C2)C1. The standard InChI is InChI=1S/C19H29N3O3/c1-3-21-10-6-7-15(12-21)11-20-19(23)22-13-16(14-22)25-18-9-5-4-8-17(18)24-2/h4-5,8-9,15-16H,3,6-7,10-14H2,1-2H3,(H,20,23)/t15-/m1/s1. The van der Waals surface area contributed by atoms with Gasteiger partial charge in [-0.1, -0.05) is 19.1 Å². The van der Waals surface area contributed by atoms with Gasteiger partial charge in [-0.15, -0.1) is 0 Å². The first-order valence-corrected chi connectivity index (χ1v) is 9.24. The van der Waals surface area contributed by atoms with Gasteiger partial charge in [-0.3, -0.25) is 0 Å². The summed E-state index contributed by atoms with van der Waals surface area (Å²) < 4.78 is 11.2. The number of hydrogen-bond acceptors (Lipinski definition) is 4. The van der Waals surface area contributed by atoms with E-state index in [2.05, 4.69) is 17.1 Å². The highest BCUT2D eigenvalue weighted by Crippen LogP contribution is 2.28. The molecule has 0 spiro atoms. The van der Waals surface area contributed by atoms with Crippen molar-refractivity contribution in [2.24, 2.45) is 5.92 Å². The molecule has 1 aromatic carbocycles. The molecule has 25 heavy (non-hydrogen) atoms. The van der Waals surface area contributed by atoms with Crippen LogP contribution in [-0.2, 0) is 0 Å². The number of ether oxygens (including phenoxy) is 2. The van der Waals surface area contributed by atoms with E-state index in [9.17, 15) is 4.79 Å². The van der Waals surface area contributed by atoms with Gasteiger partial charge in [0, 0.05) is 13.1 Å². The molecule has 0 aromatic heterocycles. The second-order valence-electron chi connectivity index (χ2n) is 6.88. The Kier molecular flexibility index (Phi) is 6.02. The highest BCUT2D eigenvalue weighted by molar-refractivity contribution is 5.75. The van der Waals surface area contributed by atoms with Crippen LogP contribution in [0, 0.1) is 5.92 Å². The Morgan fingerprint density at radius 1 is 1.24 bits per heavy atom. The Hall–Kier alpha value is -1.95. The molecule has 138 valence electrons. The van der Waals surface area contributed by atoms with Crippen LogP contribution in [0.25, 0.3) is 0 Å². The number of urea groups is 1. The molecule has 1 aromatic rings. The maximum absolute atomic E-state index is 12.3. The van der Waals surface area contributed by atoms with E-state index in [1.807, 2.05) is 24.3 Å². The van der Waals surface area contributed by atoms with E-state index < -0.39 is 0 Å². The number of amides is 2. The van der Waals surface area contributed by atoms with Gasteiger partial charge in [0.05, 0.1) is 20.2 Å². The number of rotatable bonds is 6. The Bertz CT molecular complexity index is 575. The highest BCUT2D eigenvalue weighted by Gasteiger charge is 2.33.